The number of fused-ring (bicyclic) bond motifs is 1. The van der Waals surface area contributed by atoms with E-state index in [0.717, 1.165) is 27.5 Å². The van der Waals surface area contributed by atoms with E-state index in [1.807, 2.05) is 31.2 Å². The number of hydrogen-bond acceptors (Lipinski definition) is 3. The Hall–Kier alpha value is -1.46. The molecule has 2 nitrogen and oxygen atoms in total. The highest BCUT2D eigenvalue weighted by molar-refractivity contribution is 8.00. The summed E-state index contributed by atoms with van der Waals surface area (Å²) in [5.74, 6) is 1.05. The zero-order chi connectivity index (χ0) is 16.2. The molecule has 1 heterocycles. The van der Waals surface area contributed by atoms with E-state index in [1.54, 1.807) is 23.9 Å². The molecule has 2 aromatic rings. The van der Waals surface area contributed by atoms with E-state index in [9.17, 15) is 9.18 Å². The van der Waals surface area contributed by atoms with E-state index in [1.165, 1.54) is 23.4 Å². The quantitative estimate of drug-likeness (QED) is 0.821. The standard InChI is InChI=1S/C18H18FNOS2/c1-12-4-2-3-5-16(12)23-11-18(21)20-15-8-9-22-17-7-6-13(19)10-14(15)17/h2-7,10,15H,8-9,11H2,1H3,(H,20,21). The number of halogens is 1. The van der Waals surface area contributed by atoms with Gasteiger partial charge in [-0.3, -0.25) is 4.79 Å². The lowest BCUT2D eigenvalue weighted by Crippen LogP contribution is -2.32. The molecule has 1 unspecified atom stereocenters. The van der Waals surface area contributed by atoms with Crippen LogP contribution in [-0.4, -0.2) is 17.4 Å². The van der Waals surface area contributed by atoms with Gasteiger partial charge in [0.1, 0.15) is 5.82 Å². The normalized spacial score (nSPS) is 16.7. The molecule has 1 N–H and O–H groups in total. The van der Waals surface area contributed by atoms with Crippen LogP contribution < -0.4 is 5.32 Å². The summed E-state index contributed by atoms with van der Waals surface area (Å²) >= 11 is 3.25. The molecule has 3 rings (SSSR count). The summed E-state index contributed by atoms with van der Waals surface area (Å²) in [5, 5.41) is 3.05. The highest BCUT2D eigenvalue weighted by atomic mass is 32.2. The monoisotopic (exact) mass is 347 g/mol. The SMILES string of the molecule is Cc1ccccc1SCC(=O)NC1CCSc2ccc(F)cc21. The van der Waals surface area contributed by atoms with Crippen molar-refractivity contribution in [2.45, 2.75) is 29.2 Å². The number of rotatable bonds is 4. The van der Waals surface area contributed by atoms with E-state index in [0.29, 0.717) is 5.75 Å². The third-order valence-electron chi connectivity index (χ3n) is 3.80. The van der Waals surface area contributed by atoms with E-state index in [4.69, 9.17) is 0 Å². The summed E-state index contributed by atoms with van der Waals surface area (Å²) < 4.78 is 13.5. The second-order valence-corrected chi connectivity index (χ2v) is 7.65. The number of amides is 1. The predicted molar refractivity (Wildman–Crippen MR) is 94.5 cm³/mol. The summed E-state index contributed by atoms with van der Waals surface area (Å²) in [6.07, 6.45) is 0.835. The Kier molecular flexibility index (Phi) is 5.28. The molecule has 1 amide bonds. The maximum Gasteiger partial charge on any atom is 0.230 e. The molecular weight excluding hydrogens is 329 g/mol. The van der Waals surface area contributed by atoms with Gasteiger partial charge in [-0.1, -0.05) is 18.2 Å². The predicted octanol–water partition coefficient (Wildman–Crippen LogP) is 4.58. The fraction of sp³-hybridized carbons (Fsp3) is 0.278. The van der Waals surface area contributed by atoms with Crippen molar-refractivity contribution in [3.8, 4) is 0 Å². The van der Waals surface area contributed by atoms with E-state index in [2.05, 4.69) is 5.32 Å². The molecule has 0 fully saturated rings. The zero-order valence-electron chi connectivity index (χ0n) is 12.8. The molecule has 0 spiro atoms. The van der Waals surface area contributed by atoms with Gasteiger partial charge in [-0.25, -0.2) is 4.39 Å². The molecule has 1 aliphatic rings. The maximum absolute atomic E-state index is 13.5. The van der Waals surface area contributed by atoms with Crippen LogP contribution in [0.5, 0.6) is 0 Å². The van der Waals surface area contributed by atoms with Gasteiger partial charge in [0.2, 0.25) is 5.91 Å². The van der Waals surface area contributed by atoms with Gasteiger partial charge in [-0.2, -0.15) is 0 Å². The largest absolute Gasteiger partial charge is 0.348 e. The van der Waals surface area contributed by atoms with Crippen LogP contribution in [0.4, 0.5) is 4.39 Å². The van der Waals surface area contributed by atoms with Crippen LogP contribution >= 0.6 is 23.5 Å². The number of carbonyl (C=O) groups is 1. The Bertz CT molecular complexity index is 720. The third kappa shape index (κ3) is 4.09. The number of thioether (sulfide) groups is 2. The van der Waals surface area contributed by atoms with Crippen molar-refractivity contribution in [3.05, 3.63) is 59.4 Å². The molecule has 1 aliphatic heterocycles. The van der Waals surface area contributed by atoms with E-state index in [-0.39, 0.29) is 17.8 Å². The lowest BCUT2D eigenvalue weighted by Gasteiger charge is -2.26. The van der Waals surface area contributed by atoms with Gasteiger partial charge in [0.15, 0.2) is 0 Å². The van der Waals surface area contributed by atoms with Gasteiger partial charge < -0.3 is 5.32 Å². The van der Waals surface area contributed by atoms with Crippen LogP contribution in [0.25, 0.3) is 0 Å². The second kappa shape index (κ2) is 7.41. The molecule has 120 valence electrons. The van der Waals surface area contributed by atoms with Crippen LogP contribution in [-0.2, 0) is 4.79 Å². The molecule has 0 saturated heterocycles. The molecule has 0 radical (unpaired) electrons. The first-order chi connectivity index (χ1) is 11.1. The van der Waals surface area contributed by atoms with Crippen LogP contribution in [0.15, 0.2) is 52.3 Å². The molecule has 1 atom stereocenters. The van der Waals surface area contributed by atoms with Gasteiger partial charge in [-0.05, 0) is 48.7 Å². The molecule has 2 aromatic carbocycles. The number of benzene rings is 2. The van der Waals surface area contributed by atoms with Crippen molar-refractivity contribution in [1.29, 1.82) is 0 Å². The Morgan fingerprint density at radius 2 is 2.17 bits per heavy atom. The lowest BCUT2D eigenvalue weighted by atomic mass is 10.0. The van der Waals surface area contributed by atoms with Crippen molar-refractivity contribution < 1.29 is 9.18 Å². The smallest absolute Gasteiger partial charge is 0.230 e. The van der Waals surface area contributed by atoms with Crippen LogP contribution in [0, 0.1) is 12.7 Å². The minimum atomic E-state index is -0.250. The minimum absolute atomic E-state index is 0.00892. The Balaban J connectivity index is 1.63. The Morgan fingerprint density at radius 3 is 3.00 bits per heavy atom. The van der Waals surface area contributed by atoms with E-state index >= 15 is 0 Å². The van der Waals surface area contributed by atoms with Crippen LogP contribution in [0.3, 0.4) is 0 Å². The first-order valence-electron chi connectivity index (χ1n) is 7.53. The fourth-order valence-electron chi connectivity index (χ4n) is 2.61. The van der Waals surface area contributed by atoms with Crippen LogP contribution in [0.1, 0.15) is 23.6 Å². The van der Waals surface area contributed by atoms with Crippen LogP contribution in [0.2, 0.25) is 0 Å². The minimum Gasteiger partial charge on any atom is -0.348 e. The number of hydrogen-bond donors (Lipinski definition) is 1. The molecule has 0 bridgehead atoms. The molecular formula is C18H18FNOS2. The van der Waals surface area contributed by atoms with Crippen molar-refractivity contribution in [2.24, 2.45) is 0 Å². The summed E-state index contributed by atoms with van der Waals surface area (Å²) in [4.78, 5) is 14.4. The first kappa shape index (κ1) is 16.4. The average Bonchev–Trinajstić information content (AvgIpc) is 2.55. The van der Waals surface area contributed by atoms with Gasteiger partial charge in [-0.15, -0.1) is 23.5 Å². The summed E-state index contributed by atoms with van der Waals surface area (Å²) in [6.45, 7) is 2.04. The Labute approximate surface area is 144 Å². The van der Waals surface area contributed by atoms with Gasteiger partial charge in [0.25, 0.3) is 0 Å². The summed E-state index contributed by atoms with van der Waals surface area (Å²) in [5.41, 5.74) is 2.07. The average molecular weight is 347 g/mol. The fourth-order valence-corrected chi connectivity index (χ4v) is 4.56. The van der Waals surface area contributed by atoms with E-state index < -0.39 is 0 Å². The first-order valence-corrected chi connectivity index (χ1v) is 9.50. The van der Waals surface area contributed by atoms with Crippen molar-refractivity contribution >= 4 is 29.4 Å². The topological polar surface area (TPSA) is 29.1 Å². The number of aryl methyl sites for hydroxylation is 1. The van der Waals surface area contributed by atoms with Gasteiger partial charge >= 0.3 is 0 Å². The second-order valence-electron chi connectivity index (χ2n) is 5.49. The van der Waals surface area contributed by atoms with Gasteiger partial charge in [0, 0.05) is 15.5 Å². The highest BCUT2D eigenvalue weighted by Crippen LogP contribution is 2.36. The van der Waals surface area contributed by atoms with Crippen molar-refractivity contribution in [1.82, 2.24) is 5.32 Å². The van der Waals surface area contributed by atoms with Gasteiger partial charge in [0.05, 0.1) is 11.8 Å². The van der Waals surface area contributed by atoms with Crippen molar-refractivity contribution in [2.75, 3.05) is 11.5 Å². The summed E-state index contributed by atoms with van der Waals surface area (Å²) in [7, 11) is 0. The number of carbonyl (C=O) groups excluding carboxylic acids is 1. The molecule has 23 heavy (non-hydrogen) atoms. The molecule has 0 saturated carbocycles. The highest BCUT2D eigenvalue weighted by Gasteiger charge is 2.22. The maximum atomic E-state index is 13.5. The molecule has 5 heteroatoms. The number of nitrogens with one attached hydrogen (secondary N) is 1. The third-order valence-corrected chi connectivity index (χ3v) is 6.10. The lowest BCUT2D eigenvalue weighted by molar-refractivity contribution is -0.119. The molecule has 0 aliphatic carbocycles. The van der Waals surface area contributed by atoms with Crippen molar-refractivity contribution in [3.63, 3.8) is 0 Å². The molecule has 0 aromatic heterocycles. The summed E-state index contributed by atoms with van der Waals surface area (Å²) in [6, 6.07) is 12.8. The zero-order valence-corrected chi connectivity index (χ0v) is 14.5. The Morgan fingerprint density at radius 1 is 1.35 bits per heavy atom.